The predicted octanol–water partition coefficient (Wildman–Crippen LogP) is 9.89. The Labute approximate surface area is 331 Å². The van der Waals surface area contributed by atoms with Crippen LogP contribution >= 0.6 is 0 Å². The molecule has 56 heavy (non-hydrogen) atoms. The molecule has 0 saturated carbocycles. The van der Waals surface area contributed by atoms with Gasteiger partial charge in [0.2, 0.25) is 0 Å². The molecule has 8 nitrogen and oxygen atoms in total. The van der Waals surface area contributed by atoms with E-state index in [1.165, 1.54) is 5.56 Å². The van der Waals surface area contributed by atoms with Gasteiger partial charge in [0.05, 0.1) is 18.6 Å². The third-order valence-corrected chi connectivity index (χ3v) is 10.6. The van der Waals surface area contributed by atoms with Crippen molar-refractivity contribution in [3.63, 3.8) is 0 Å². The molecule has 0 N–H and O–H groups in total. The van der Waals surface area contributed by atoms with Crippen LogP contribution in [0.15, 0.2) is 84.9 Å². The Morgan fingerprint density at radius 3 is 2.25 bits per heavy atom. The van der Waals surface area contributed by atoms with Gasteiger partial charge in [-0.25, -0.2) is 9.59 Å². The lowest BCUT2D eigenvalue weighted by atomic mass is 9.84. The number of ketones is 2. The van der Waals surface area contributed by atoms with Crippen LogP contribution in [0.4, 0.5) is 0 Å². The molecule has 0 radical (unpaired) electrons. The molecular weight excluding hydrogens is 705 g/mol. The molecule has 2 unspecified atom stereocenters. The molecule has 2 atom stereocenters. The van der Waals surface area contributed by atoms with E-state index in [-0.39, 0.29) is 47.1 Å². The fourth-order valence-corrected chi connectivity index (χ4v) is 7.51. The Balaban J connectivity index is 1.33. The number of hydrogen-bond acceptors (Lipinski definition) is 8. The van der Waals surface area contributed by atoms with Crippen LogP contribution in [0.5, 0.6) is 0 Å². The normalized spacial score (nSPS) is 15.4. The van der Waals surface area contributed by atoms with Crippen molar-refractivity contribution in [1.29, 1.82) is 0 Å². The number of aryl methyl sites for hydroxylation is 2. The van der Waals surface area contributed by atoms with Crippen molar-refractivity contribution < 1.29 is 38.2 Å². The maximum atomic E-state index is 14.0. The topological polar surface area (TPSA) is 113 Å². The average molecular weight is 759 g/mol. The van der Waals surface area contributed by atoms with Crippen LogP contribution in [0.25, 0.3) is 11.1 Å². The van der Waals surface area contributed by atoms with E-state index in [1.807, 2.05) is 38.1 Å². The van der Waals surface area contributed by atoms with E-state index in [0.717, 1.165) is 35.1 Å². The molecule has 0 aromatic heterocycles. The lowest BCUT2D eigenvalue weighted by Gasteiger charge is -2.26. The number of rotatable bonds is 17. The van der Waals surface area contributed by atoms with Crippen molar-refractivity contribution in [3.8, 4) is 11.1 Å². The zero-order valence-corrected chi connectivity index (χ0v) is 33.8. The van der Waals surface area contributed by atoms with Crippen molar-refractivity contribution in [2.45, 2.75) is 104 Å². The standard InChI is InChI=1S/C48H54O8/c1-8-15-33(9-2)44(51)39-28-32(29-42(50)55-30-48(46(53)54-10-3)40-20-12-11-18-37(40)45(52)56-48)22-23-34(39)17-14-21-41(49)38-19-13-16-31(4)43(38)35-24-26-36(27-25-35)47(5,6)7/h11-13,16,18-20,22-28,33H,8-10,14-15,17,21,29-30H2,1-7H3. The molecule has 5 rings (SSSR count). The van der Waals surface area contributed by atoms with Crippen LogP contribution in [0.2, 0.25) is 0 Å². The van der Waals surface area contributed by atoms with E-state index in [0.29, 0.717) is 42.4 Å². The Kier molecular flexibility index (Phi) is 13.5. The second kappa shape index (κ2) is 18.1. The Hall–Kier alpha value is -5.37. The molecule has 0 amide bonds. The number of esters is 3. The van der Waals surface area contributed by atoms with Crippen LogP contribution in [-0.4, -0.2) is 42.7 Å². The number of benzene rings is 4. The van der Waals surface area contributed by atoms with Gasteiger partial charge in [0.15, 0.2) is 11.6 Å². The summed E-state index contributed by atoms with van der Waals surface area (Å²) in [6.07, 6.45) is 3.45. The van der Waals surface area contributed by atoms with Crippen LogP contribution in [-0.2, 0) is 47.7 Å². The highest BCUT2D eigenvalue weighted by atomic mass is 16.6. The predicted molar refractivity (Wildman–Crippen MR) is 217 cm³/mol. The number of carbonyl (C=O) groups is 5. The lowest BCUT2D eigenvalue weighted by Crippen LogP contribution is -2.43. The van der Waals surface area contributed by atoms with Gasteiger partial charge in [-0.3, -0.25) is 14.4 Å². The van der Waals surface area contributed by atoms with Crippen molar-refractivity contribution >= 4 is 29.5 Å². The fraction of sp³-hybridized carbons (Fsp3) is 0.396. The highest BCUT2D eigenvalue weighted by molar-refractivity contribution is 6.03. The van der Waals surface area contributed by atoms with Gasteiger partial charge in [0.1, 0.15) is 6.61 Å². The number of cyclic esters (lactones) is 1. The minimum absolute atomic E-state index is 0.0151. The summed E-state index contributed by atoms with van der Waals surface area (Å²) in [5, 5.41) is 0. The van der Waals surface area contributed by atoms with Crippen LogP contribution in [0.1, 0.15) is 133 Å². The molecule has 1 aliphatic heterocycles. The highest BCUT2D eigenvalue weighted by Gasteiger charge is 2.54. The average Bonchev–Trinajstić information content (AvgIpc) is 3.48. The second-order valence-corrected chi connectivity index (χ2v) is 15.7. The molecule has 0 aliphatic carbocycles. The van der Waals surface area contributed by atoms with Gasteiger partial charge in [0, 0.05) is 29.0 Å². The number of ether oxygens (including phenoxy) is 3. The summed E-state index contributed by atoms with van der Waals surface area (Å²) in [6.45, 7) is 13.7. The maximum Gasteiger partial charge on any atom is 0.359 e. The molecule has 4 aromatic rings. The molecule has 0 bridgehead atoms. The Morgan fingerprint density at radius 1 is 0.839 bits per heavy atom. The fourth-order valence-electron chi connectivity index (χ4n) is 7.51. The van der Waals surface area contributed by atoms with Crippen molar-refractivity contribution in [1.82, 2.24) is 0 Å². The van der Waals surface area contributed by atoms with Gasteiger partial charge < -0.3 is 14.2 Å². The Morgan fingerprint density at radius 2 is 1.57 bits per heavy atom. The van der Waals surface area contributed by atoms with E-state index in [2.05, 4.69) is 52.0 Å². The third kappa shape index (κ3) is 9.18. The van der Waals surface area contributed by atoms with Crippen molar-refractivity contribution in [3.05, 3.63) is 129 Å². The minimum Gasteiger partial charge on any atom is -0.463 e. The van der Waals surface area contributed by atoms with Crippen LogP contribution < -0.4 is 0 Å². The monoisotopic (exact) mass is 758 g/mol. The number of carbonyl (C=O) groups excluding carboxylic acids is 5. The lowest BCUT2D eigenvalue weighted by molar-refractivity contribution is -0.175. The summed E-state index contributed by atoms with van der Waals surface area (Å²) in [5.41, 5.74) is 5.44. The van der Waals surface area contributed by atoms with E-state index in [4.69, 9.17) is 14.2 Å². The summed E-state index contributed by atoms with van der Waals surface area (Å²) in [4.78, 5) is 66.9. The summed E-state index contributed by atoms with van der Waals surface area (Å²) >= 11 is 0. The van der Waals surface area contributed by atoms with Gasteiger partial charge in [-0.15, -0.1) is 0 Å². The molecule has 0 saturated heterocycles. The van der Waals surface area contributed by atoms with E-state index >= 15 is 0 Å². The quantitative estimate of drug-likeness (QED) is 0.0594. The van der Waals surface area contributed by atoms with Crippen molar-refractivity contribution in [2.75, 3.05) is 13.2 Å². The smallest absolute Gasteiger partial charge is 0.359 e. The molecular formula is C48H54O8. The second-order valence-electron chi connectivity index (χ2n) is 15.7. The van der Waals surface area contributed by atoms with Crippen LogP contribution in [0.3, 0.4) is 0 Å². The number of Topliss-reactive ketones (excluding diaryl/α,β-unsaturated/α-hetero) is 2. The van der Waals surface area contributed by atoms with E-state index < -0.39 is 30.1 Å². The zero-order chi connectivity index (χ0) is 40.6. The van der Waals surface area contributed by atoms with Gasteiger partial charge >= 0.3 is 17.9 Å². The molecule has 294 valence electrons. The summed E-state index contributed by atoms with van der Waals surface area (Å²) in [7, 11) is 0. The molecule has 8 heteroatoms. The maximum absolute atomic E-state index is 14.0. The molecule has 0 fully saturated rings. The van der Waals surface area contributed by atoms with Crippen molar-refractivity contribution in [2.24, 2.45) is 5.92 Å². The first-order valence-electron chi connectivity index (χ1n) is 19.8. The van der Waals surface area contributed by atoms with Gasteiger partial charge in [-0.1, -0.05) is 114 Å². The highest BCUT2D eigenvalue weighted by Crippen LogP contribution is 2.38. The summed E-state index contributed by atoms with van der Waals surface area (Å²) in [6, 6.07) is 26.2. The molecule has 4 aromatic carbocycles. The first kappa shape index (κ1) is 41.8. The number of fused-ring (bicyclic) bond motifs is 1. The third-order valence-electron chi connectivity index (χ3n) is 10.6. The minimum atomic E-state index is -1.91. The zero-order valence-electron chi connectivity index (χ0n) is 33.8. The Bertz CT molecular complexity index is 2090. The molecule has 1 heterocycles. The summed E-state index contributed by atoms with van der Waals surface area (Å²) < 4.78 is 16.4. The molecule has 0 spiro atoms. The number of hydrogen-bond donors (Lipinski definition) is 0. The van der Waals surface area contributed by atoms with Crippen LogP contribution in [0, 0.1) is 12.8 Å². The van der Waals surface area contributed by atoms with Gasteiger partial charge in [-0.2, -0.15) is 0 Å². The van der Waals surface area contributed by atoms with E-state index in [1.54, 1.807) is 43.3 Å². The van der Waals surface area contributed by atoms with E-state index in [9.17, 15) is 24.0 Å². The first-order chi connectivity index (χ1) is 26.7. The SMILES string of the molecule is CCCC(CC)C(=O)c1cc(CC(=O)OCC2(C(=O)OCC)OC(=O)c3ccccc32)ccc1CCCC(=O)c1cccc(C)c1-c1ccc(C(C)(C)C)cc1. The first-order valence-corrected chi connectivity index (χ1v) is 19.8. The largest absolute Gasteiger partial charge is 0.463 e. The molecule has 1 aliphatic rings. The van der Waals surface area contributed by atoms with Gasteiger partial charge in [0.25, 0.3) is 5.60 Å². The van der Waals surface area contributed by atoms with Gasteiger partial charge in [-0.05, 0) is 90.5 Å². The summed E-state index contributed by atoms with van der Waals surface area (Å²) in [5.74, 6) is -2.30.